The summed E-state index contributed by atoms with van der Waals surface area (Å²) in [6, 6.07) is 0. The second-order valence-electron chi connectivity index (χ2n) is 4.63. The molecule has 0 radical (unpaired) electrons. The summed E-state index contributed by atoms with van der Waals surface area (Å²) in [5, 5.41) is 8.81. The zero-order valence-corrected chi connectivity index (χ0v) is 9.97. The summed E-state index contributed by atoms with van der Waals surface area (Å²) in [5.41, 5.74) is 0. The number of likely N-dealkylation sites (tertiary alicyclic amines) is 1. The Hall–Kier alpha value is -1.30. The van der Waals surface area contributed by atoms with Gasteiger partial charge in [-0.1, -0.05) is 0 Å². The molecule has 0 spiro atoms. The van der Waals surface area contributed by atoms with E-state index >= 15 is 0 Å². The van der Waals surface area contributed by atoms with Gasteiger partial charge < -0.3 is 14.9 Å². The first-order valence-electron chi connectivity index (χ1n) is 6.15. The molecule has 17 heavy (non-hydrogen) atoms. The van der Waals surface area contributed by atoms with E-state index in [1.54, 1.807) is 0 Å². The summed E-state index contributed by atoms with van der Waals surface area (Å²) >= 11 is 0. The van der Waals surface area contributed by atoms with Crippen LogP contribution in [0.25, 0.3) is 0 Å². The molecule has 0 aromatic carbocycles. The fraction of sp³-hybridized carbons (Fsp3) is 0.818. The van der Waals surface area contributed by atoms with E-state index in [0.29, 0.717) is 32.7 Å². The molecule has 2 amide bonds. The Bertz CT molecular complexity index is 294. The zero-order valence-electron chi connectivity index (χ0n) is 9.97. The van der Waals surface area contributed by atoms with Crippen molar-refractivity contribution in [2.24, 2.45) is 0 Å². The lowest BCUT2D eigenvalue weighted by molar-refractivity contribution is -0.131. The maximum Gasteiger partial charge on any atom is 0.407 e. The molecule has 1 N–H and O–H groups in total. The van der Waals surface area contributed by atoms with Gasteiger partial charge in [0.25, 0.3) is 0 Å². The number of piperazine rings is 1. The number of rotatable bonds is 2. The van der Waals surface area contributed by atoms with E-state index < -0.39 is 6.09 Å². The van der Waals surface area contributed by atoms with Crippen LogP contribution >= 0.6 is 0 Å². The number of nitrogens with zero attached hydrogens (tertiary/aromatic N) is 3. The fourth-order valence-corrected chi connectivity index (χ4v) is 2.36. The van der Waals surface area contributed by atoms with Gasteiger partial charge in [-0.3, -0.25) is 9.69 Å². The minimum absolute atomic E-state index is 0.186. The van der Waals surface area contributed by atoms with Crippen molar-refractivity contribution in [1.82, 2.24) is 14.7 Å². The summed E-state index contributed by atoms with van der Waals surface area (Å²) in [4.78, 5) is 28.0. The van der Waals surface area contributed by atoms with Crippen LogP contribution in [-0.2, 0) is 4.79 Å². The lowest BCUT2D eigenvalue weighted by Crippen LogP contribution is -2.51. The molecule has 2 aliphatic rings. The van der Waals surface area contributed by atoms with Gasteiger partial charge in [0.05, 0.1) is 6.54 Å². The third-order valence-corrected chi connectivity index (χ3v) is 3.46. The van der Waals surface area contributed by atoms with Crippen molar-refractivity contribution in [2.45, 2.75) is 12.8 Å². The van der Waals surface area contributed by atoms with Gasteiger partial charge in [0.2, 0.25) is 5.91 Å². The molecule has 0 unspecified atom stereocenters. The molecule has 2 fully saturated rings. The van der Waals surface area contributed by atoms with Crippen molar-refractivity contribution >= 4 is 12.0 Å². The Labute approximate surface area is 101 Å². The molecule has 2 heterocycles. The van der Waals surface area contributed by atoms with E-state index in [9.17, 15) is 9.59 Å². The highest BCUT2D eigenvalue weighted by Gasteiger charge is 2.24. The average molecular weight is 241 g/mol. The first-order chi connectivity index (χ1) is 8.16. The van der Waals surface area contributed by atoms with Crippen molar-refractivity contribution < 1.29 is 14.7 Å². The van der Waals surface area contributed by atoms with E-state index in [-0.39, 0.29) is 5.91 Å². The zero-order chi connectivity index (χ0) is 12.3. The van der Waals surface area contributed by atoms with Crippen LogP contribution in [0.4, 0.5) is 4.79 Å². The van der Waals surface area contributed by atoms with Gasteiger partial charge in [-0.15, -0.1) is 0 Å². The number of carbonyl (C=O) groups excluding carboxylic acids is 1. The molecule has 0 aromatic heterocycles. The molecular weight excluding hydrogens is 222 g/mol. The Morgan fingerprint density at radius 3 is 2.00 bits per heavy atom. The van der Waals surface area contributed by atoms with Crippen LogP contribution in [-0.4, -0.2) is 77.6 Å². The molecule has 2 aliphatic heterocycles. The monoisotopic (exact) mass is 241 g/mol. The number of carbonyl (C=O) groups is 2. The van der Waals surface area contributed by atoms with Crippen LogP contribution in [0.5, 0.6) is 0 Å². The summed E-state index contributed by atoms with van der Waals surface area (Å²) in [5.74, 6) is 0.186. The van der Waals surface area contributed by atoms with E-state index in [0.717, 1.165) is 25.9 Å². The van der Waals surface area contributed by atoms with Crippen molar-refractivity contribution in [3.63, 3.8) is 0 Å². The summed E-state index contributed by atoms with van der Waals surface area (Å²) in [6.07, 6.45) is 1.35. The van der Waals surface area contributed by atoms with Crippen molar-refractivity contribution in [3.8, 4) is 0 Å². The maximum absolute atomic E-state index is 11.9. The van der Waals surface area contributed by atoms with Gasteiger partial charge in [-0.25, -0.2) is 4.79 Å². The number of amides is 2. The second kappa shape index (κ2) is 5.35. The lowest BCUT2D eigenvalue weighted by Gasteiger charge is -2.33. The summed E-state index contributed by atoms with van der Waals surface area (Å²) in [6.45, 7) is 4.53. The highest BCUT2D eigenvalue weighted by Crippen LogP contribution is 2.09. The Kier molecular flexibility index (Phi) is 3.83. The molecule has 2 saturated heterocycles. The van der Waals surface area contributed by atoms with E-state index in [4.69, 9.17) is 5.11 Å². The lowest BCUT2D eigenvalue weighted by atomic mass is 10.3. The first-order valence-corrected chi connectivity index (χ1v) is 6.15. The molecule has 0 saturated carbocycles. The number of hydrogen-bond acceptors (Lipinski definition) is 3. The highest BCUT2D eigenvalue weighted by atomic mass is 16.4. The fourth-order valence-electron chi connectivity index (χ4n) is 2.36. The van der Waals surface area contributed by atoms with Crippen LogP contribution in [0.3, 0.4) is 0 Å². The summed E-state index contributed by atoms with van der Waals surface area (Å²) in [7, 11) is 0. The normalized spacial score (nSPS) is 21.9. The second-order valence-corrected chi connectivity index (χ2v) is 4.63. The van der Waals surface area contributed by atoms with Crippen LogP contribution in [0.1, 0.15) is 12.8 Å². The predicted molar refractivity (Wildman–Crippen MR) is 61.9 cm³/mol. The minimum atomic E-state index is -0.865. The van der Waals surface area contributed by atoms with Gasteiger partial charge in [-0.05, 0) is 12.8 Å². The average Bonchev–Trinajstić information content (AvgIpc) is 2.83. The van der Waals surface area contributed by atoms with Gasteiger partial charge in [0.15, 0.2) is 0 Å². The quantitative estimate of drug-likeness (QED) is 0.733. The van der Waals surface area contributed by atoms with Crippen LogP contribution in [0.2, 0.25) is 0 Å². The maximum atomic E-state index is 11.9. The molecule has 0 bridgehead atoms. The minimum Gasteiger partial charge on any atom is -0.465 e. The van der Waals surface area contributed by atoms with Gasteiger partial charge in [0, 0.05) is 39.3 Å². The molecule has 2 rings (SSSR count). The molecule has 0 atom stereocenters. The summed E-state index contributed by atoms with van der Waals surface area (Å²) < 4.78 is 0. The molecule has 96 valence electrons. The predicted octanol–water partition coefficient (Wildman–Crippen LogP) is -0.0956. The Morgan fingerprint density at radius 2 is 1.47 bits per heavy atom. The first kappa shape index (κ1) is 12.2. The number of carboxylic acid groups (broad SMARTS) is 1. The standard InChI is InChI=1S/C11H19N3O3/c15-10(13-3-1-2-4-13)9-12-5-7-14(8-6-12)11(16)17/h1-9H2,(H,16,17). The van der Waals surface area contributed by atoms with Gasteiger partial charge in [-0.2, -0.15) is 0 Å². The molecule has 0 aliphatic carbocycles. The third kappa shape index (κ3) is 3.09. The Balaban J connectivity index is 1.74. The van der Waals surface area contributed by atoms with Gasteiger partial charge >= 0.3 is 6.09 Å². The van der Waals surface area contributed by atoms with E-state index in [1.807, 2.05) is 9.80 Å². The largest absolute Gasteiger partial charge is 0.465 e. The van der Waals surface area contributed by atoms with E-state index in [1.165, 1.54) is 4.90 Å². The highest BCUT2D eigenvalue weighted by molar-refractivity contribution is 5.78. The van der Waals surface area contributed by atoms with E-state index in [2.05, 4.69) is 0 Å². The van der Waals surface area contributed by atoms with Crippen molar-refractivity contribution in [2.75, 3.05) is 45.8 Å². The topological polar surface area (TPSA) is 64.1 Å². The van der Waals surface area contributed by atoms with Crippen molar-refractivity contribution in [1.29, 1.82) is 0 Å². The van der Waals surface area contributed by atoms with Crippen LogP contribution in [0.15, 0.2) is 0 Å². The molecule has 6 heteroatoms. The van der Waals surface area contributed by atoms with Crippen LogP contribution < -0.4 is 0 Å². The number of hydrogen-bond donors (Lipinski definition) is 1. The molecule has 6 nitrogen and oxygen atoms in total. The molecular formula is C11H19N3O3. The molecule has 0 aromatic rings. The van der Waals surface area contributed by atoms with Crippen LogP contribution in [0, 0.1) is 0 Å². The van der Waals surface area contributed by atoms with Crippen molar-refractivity contribution in [3.05, 3.63) is 0 Å². The van der Waals surface area contributed by atoms with Gasteiger partial charge in [0.1, 0.15) is 0 Å². The SMILES string of the molecule is O=C(O)N1CCN(CC(=O)N2CCCC2)CC1. The third-order valence-electron chi connectivity index (χ3n) is 3.46. The smallest absolute Gasteiger partial charge is 0.407 e. The Morgan fingerprint density at radius 1 is 0.882 bits per heavy atom.